The van der Waals surface area contributed by atoms with Crippen molar-refractivity contribution in [3.63, 3.8) is 0 Å². The van der Waals surface area contributed by atoms with E-state index in [4.69, 9.17) is 10.5 Å². The highest BCUT2D eigenvalue weighted by Gasteiger charge is 2.56. The molecule has 0 radical (unpaired) electrons. The summed E-state index contributed by atoms with van der Waals surface area (Å²) >= 11 is 0. The van der Waals surface area contributed by atoms with Gasteiger partial charge >= 0.3 is 6.09 Å². The smallest absolute Gasteiger partial charge is 0.408 e. The van der Waals surface area contributed by atoms with Crippen LogP contribution in [0.4, 0.5) is 4.79 Å². The fourth-order valence-electron chi connectivity index (χ4n) is 1.98. The van der Waals surface area contributed by atoms with E-state index in [1.54, 1.807) is 27.7 Å². The number of amides is 1. The first kappa shape index (κ1) is 16.2. The van der Waals surface area contributed by atoms with Crippen LogP contribution in [0.2, 0.25) is 0 Å². The molecule has 0 spiro atoms. The summed E-state index contributed by atoms with van der Waals surface area (Å²) in [6, 6.07) is 0. The Balaban J connectivity index is 2.59. The van der Waals surface area contributed by atoms with Crippen molar-refractivity contribution in [2.45, 2.75) is 45.3 Å². The molecule has 0 aliphatic heterocycles. The molecule has 0 aromatic heterocycles. The molecule has 3 N–H and O–H groups in total. The average Bonchev–Trinajstić information content (AvgIpc) is 2.88. The number of hydrogen-bond acceptors (Lipinski definition) is 5. The molecule has 1 amide bonds. The molecule has 7 heteroatoms. The highest BCUT2D eigenvalue weighted by atomic mass is 32.2. The lowest BCUT2D eigenvalue weighted by molar-refractivity contribution is 0.0494. The number of ether oxygens (including phenoxy) is 1. The number of carbonyl (C=O) groups excluding carboxylic acids is 1. The van der Waals surface area contributed by atoms with Crippen LogP contribution in [0.15, 0.2) is 0 Å². The maximum atomic E-state index is 11.7. The SMILES string of the molecule is CCS(=O)(=O)C[C@H]1C[C@@]1(CN)NC(=O)OC(C)(C)C. The molecule has 1 saturated carbocycles. The average molecular weight is 292 g/mol. The van der Waals surface area contributed by atoms with Crippen molar-refractivity contribution in [3.8, 4) is 0 Å². The summed E-state index contributed by atoms with van der Waals surface area (Å²) < 4.78 is 28.3. The second kappa shape index (κ2) is 5.28. The molecule has 0 unspecified atom stereocenters. The highest BCUT2D eigenvalue weighted by molar-refractivity contribution is 7.91. The van der Waals surface area contributed by atoms with E-state index >= 15 is 0 Å². The second-order valence-electron chi connectivity index (χ2n) is 6.09. The van der Waals surface area contributed by atoms with E-state index in [1.165, 1.54) is 0 Å². The molecular weight excluding hydrogens is 268 g/mol. The van der Waals surface area contributed by atoms with Crippen LogP contribution in [0.25, 0.3) is 0 Å². The first-order chi connectivity index (χ1) is 8.53. The third kappa shape index (κ3) is 4.65. The van der Waals surface area contributed by atoms with E-state index in [1.807, 2.05) is 0 Å². The summed E-state index contributed by atoms with van der Waals surface area (Å²) in [5, 5.41) is 2.72. The second-order valence-corrected chi connectivity index (χ2v) is 8.48. The Labute approximate surface area is 115 Å². The van der Waals surface area contributed by atoms with Gasteiger partial charge in [-0.25, -0.2) is 13.2 Å². The first-order valence-corrected chi connectivity index (χ1v) is 8.27. The zero-order valence-corrected chi connectivity index (χ0v) is 12.8. The molecule has 19 heavy (non-hydrogen) atoms. The van der Waals surface area contributed by atoms with Crippen molar-refractivity contribution >= 4 is 15.9 Å². The quantitative estimate of drug-likeness (QED) is 0.775. The third-order valence-corrected chi connectivity index (χ3v) is 5.03. The van der Waals surface area contributed by atoms with Crippen LogP contribution < -0.4 is 11.1 Å². The van der Waals surface area contributed by atoms with Crippen LogP contribution in [0.3, 0.4) is 0 Å². The van der Waals surface area contributed by atoms with Gasteiger partial charge in [0.25, 0.3) is 0 Å². The molecule has 112 valence electrons. The van der Waals surface area contributed by atoms with Gasteiger partial charge in [-0.05, 0) is 33.1 Å². The maximum absolute atomic E-state index is 11.7. The molecule has 1 rings (SSSR count). The van der Waals surface area contributed by atoms with Gasteiger partial charge in [-0.2, -0.15) is 0 Å². The van der Waals surface area contributed by atoms with Gasteiger partial charge in [0.05, 0.1) is 11.3 Å². The summed E-state index contributed by atoms with van der Waals surface area (Å²) in [7, 11) is -3.06. The van der Waals surface area contributed by atoms with Crippen molar-refractivity contribution in [2.24, 2.45) is 11.7 Å². The first-order valence-electron chi connectivity index (χ1n) is 6.45. The Morgan fingerprint density at radius 1 is 1.47 bits per heavy atom. The van der Waals surface area contributed by atoms with Crippen molar-refractivity contribution in [1.29, 1.82) is 0 Å². The van der Waals surface area contributed by atoms with Crippen molar-refractivity contribution in [3.05, 3.63) is 0 Å². The van der Waals surface area contributed by atoms with Gasteiger partial charge in [-0.3, -0.25) is 0 Å². The fourth-order valence-corrected chi connectivity index (χ4v) is 3.27. The number of rotatable bonds is 5. The number of hydrogen-bond donors (Lipinski definition) is 2. The highest BCUT2D eigenvalue weighted by Crippen LogP contribution is 2.43. The van der Waals surface area contributed by atoms with Gasteiger partial charge in [0.2, 0.25) is 0 Å². The number of nitrogens with one attached hydrogen (secondary N) is 1. The maximum Gasteiger partial charge on any atom is 0.408 e. The lowest BCUT2D eigenvalue weighted by Crippen LogP contribution is -2.47. The van der Waals surface area contributed by atoms with Crippen LogP contribution in [-0.4, -0.2) is 43.7 Å². The van der Waals surface area contributed by atoms with Crippen LogP contribution in [0.1, 0.15) is 34.1 Å². The fraction of sp³-hybridized carbons (Fsp3) is 0.917. The Hall–Kier alpha value is -0.820. The molecular formula is C12H24N2O4S. The number of carbonyl (C=O) groups is 1. The predicted molar refractivity (Wildman–Crippen MR) is 73.6 cm³/mol. The van der Waals surface area contributed by atoms with E-state index in [-0.39, 0.29) is 24.0 Å². The van der Waals surface area contributed by atoms with E-state index < -0.39 is 27.1 Å². The monoisotopic (exact) mass is 292 g/mol. The topological polar surface area (TPSA) is 98.5 Å². The van der Waals surface area contributed by atoms with Crippen LogP contribution in [0, 0.1) is 5.92 Å². The number of alkyl carbamates (subject to hydrolysis) is 1. The largest absolute Gasteiger partial charge is 0.444 e. The summed E-state index contributed by atoms with van der Waals surface area (Å²) in [6.45, 7) is 7.15. The Morgan fingerprint density at radius 2 is 2.05 bits per heavy atom. The van der Waals surface area contributed by atoms with Crippen LogP contribution in [-0.2, 0) is 14.6 Å². The third-order valence-electron chi connectivity index (χ3n) is 3.24. The van der Waals surface area contributed by atoms with E-state index in [2.05, 4.69) is 5.32 Å². The Bertz CT molecular complexity index is 441. The lowest BCUT2D eigenvalue weighted by Gasteiger charge is -2.23. The summed E-state index contributed by atoms with van der Waals surface area (Å²) in [5.41, 5.74) is 4.46. The van der Waals surface area contributed by atoms with E-state index in [9.17, 15) is 13.2 Å². The normalized spacial score (nSPS) is 26.9. The predicted octanol–water partition coefficient (Wildman–Crippen LogP) is 0.663. The molecule has 0 heterocycles. The number of sulfone groups is 1. The zero-order chi connectivity index (χ0) is 14.9. The van der Waals surface area contributed by atoms with E-state index in [0.29, 0.717) is 6.42 Å². The van der Waals surface area contributed by atoms with Crippen molar-refractivity contribution in [1.82, 2.24) is 5.32 Å². The standard InChI is InChI=1S/C12H24N2O4S/c1-5-19(16,17)7-9-6-12(9,8-13)14-10(15)18-11(2,3)4/h9H,5-8,13H2,1-4H3,(H,14,15)/t9-,12+/m1/s1. The summed E-state index contributed by atoms with van der Waals surface area (Å²) in [5.74, 6) is 0.0579. The minimum atomic E-state index is -3.06. The minimum Gasteiger partial charge on any atom is -0.444 e. The van der Waals surface area contributed by atoms with Gasteiger partial charge in [-0.1, -0.05) is 6.92 Å². The molecule has 2 atom stereocenters. The molecule has 0 aromatic carbocycles. The Kier molecular flexibility index (Phi) is 4.51. The lowest BCUT2D eigenvalue weighted by atomic mass is 10.2. The molecule has 1 aliphatic rings. The van der Waals surface area contributed by atoms with Crippen molar-refractivity contribution in [2.75, 3.05) is 18.1 Å². The Morgan fingerprint density at radius 3 is 2.47 bits per heavy atom. The molecule has 0 bridgehead atoms. The molecule has 0 aromatic rings. The molecule has 1 aliphatic carbocycles. The molecule has 0 saturated heterocycles. The minimum absolute atomic E-state index is 0.0660. The molecule has 1 fully saturated rings. The summed E-state index contributed by atoms with van der Waals surface area (Å²) in [6.07, 6.45) is 0.0384. The van der Waals surface area contributed by atoms with Gasteiger partial charge in [-0.15, -0.1) is 0 Å². The summed E-state index contributed by atoms with van der Waals surface area (Å²) in [4.78, 5) is 11.7. The molecule has 6 nitrogen and oxygen atoms in total. The van der Waals surface area contributed by atoms with Gasteiger partial charge in [0.1, 0.15) is 15.4 Å². The van der Waals surface area contributed by atoms with E-state index in [0.717, 1.165) is 0 Å². The van der Waals surface area contributed by atoms with Gasteiger partial charge < -0.3 is 15.8 Å². The zero-order valence-electron chi connectivity index (χ0n) is 12.0. The van der Waals surface area contributed by atoms with Crippen LogP contribution >= 0.6 is 0 Å². The number of nitrogens with two attached hydrogens (primary N) is 1. The van der Waals surface area contributed by atoms with Gasteiger partial charge in [0.15, 0.2) is 0 Å². The van der Waals surface area contributed by atoms with Crippen LogP contribution in [0.5, 0.6) is 0 Å². The van der Waals surface area contributed by atoms with Gasteiger partial charge in [0, 0.05) is 12.3 Å². The van der Waals surface area contributed by atoms with Crippen molar-refractivity contribution < 1.29 is 17.9 Å².